The highest BCUT2D eigenvalue weighted by molar-refractivity contribution is 5.94. The molecule has 4 rings (SSSR count). The summed E-state index contributed by atoms with van der Waals surface area (Å²) in [6.07, 6.45) is -2.96. The average Bonchev–Trinajstić information content (AvgIpc) is 3.24. The molecular formula is C21H22F5N3O. The molecule has 1 aromatic heterocycles. The number of halogens is 5. The van der Waals surface area contributed by atoms with Gasteiger partial charge in [-0.25, -0.2) is 8.78 Å². The van der Waals surface area contributed by atoms with Gasteiger partial charge in [0.1, 0.15) is 0 Å². The summed E-state index contributed by atoms with van der Waals surface area (Å²) in [4.78, 5) is 18.1. The summed E-state index contributed by atoms with van der Waals surface area (Å²) in [6.45, 7) is 3.00. The number of nitrogens with zero attached hydrogens (tertiary/aromatic N) is 2. The molecule has 2 aromatic rings. The zero-order valence-corrected chi connectivity index (χ0v) is 16.3. The van der Waals surface area contributed by atoms with Gasteiger partial charge in [-0.15, -0.1) is 0 Å². The molecule has 30 heavy (non-hydrogen) atoms. The first-order chi connectivity index (χ1) is 14.0. The van der Waals surface area contributed by atoms with Crippen LogP contribution in [0.25, 0.3) is 10.9 Å². The summed E-state index contributed by atoms with van der Waals surface area (Å²) in [5.41, 5.74) is -0.287. The van der Waals surface area contributed by atoms with Crippen molar-refractivity contribution in [1.82, 2.24) is 10.3 Å². The van der Waals surface area contributed by atoms with Gasteiger partial charge in [0.2, 0.25) is 5.91 Å². The maximum Gasteiger partial charge on any atom is 0.418 e. The van der Waals surface area contributed by atoms with Crippen molar-refractivity contribution in [2.45, 2.75) is 44.3 Å². The maximum atomic E-state index is 13.4. The number of piperidine rings is 1. The van der Waals surface area contributed by atoms with Crippen LogP contribution in [0.2, 0.25) is 0 Å². The van der Waals surface area contributed by atoms with Crippen LogP contribution in [0.5, 0.6) is 0 Å². The Labute approximate surface area is 170 Å². The van der Waals surface area contributed by atoms with E-state index in [4.69, 9.17) is 0 Å². The number of carbonyl (C=O) groups excluding carboxylic acids is 1. The Morgan fingerprint density at radius 2 is 2.00 bits per heavy atom. The molecule has 1 saturated heterocycles. The monoisotopic (exact) mass is 427 g/mol. The van der Waals surface area contributed by atoms with E-state index in [1.54, 1.807) is 12.1 Å². The van der Waals surface area contributed by atoms with Crippen LogP contribution in [-0.4, -0.2) is 35.9 Å². The number of alkyl halides is 5. The van der Waals surface area contributed by atoms with E-state index in [0.29, 0.717) is 30.6 Å². The topological polar surface area (TPSA) is 45.2 Å². The molecule has 3 atom stereocenters. The van der Waals surface area contributed by atoms with E-state index < -0.39 is 29.5 Å². The van der Waals surface area contributed by atoms with Gasteiger partial charge in [-0.2, -0.15) is 13.2 Å². The average molecular weight is 427 g/mol. The lowest BCUT2D eigenvalue weighted by molar-refractivity contribution is -0.136. The number of fused-ring (bicyclic) bond motifs is 1. The number of benzene rings is 1. The molecule has 2 fully saturated rings. The van der Waals surface area contributed by atoms with Crippen LogP contribution in [-0.2, 0) is 11.0 Å². The molecule has 1 aliphatic heterocycles. The van der Waals surface area contributed by atoms with Crippen molar-refractivity contribution in [1.29, 1.82) is 0 Å². The molecule has 4 nitrogen and oxygen atoms in total. The zero-order valence-electron chi connectivity index (χ0n) is 16.3. The van der Waals surface area contributed by atoms with Crippen molar-refractivity contribution in [3.8, 4) is 0 Å². The van der Waals surface area contributed by atoms with E-state index in [1.807, 2.05) is 11.8 Å². The Morgan fingerprint density at radius 3 is 2.67 bits per heavy atom. The zero-order chi connectivity index (χ0) is 21.7. The van der Waals surface area contributed by atoms with Crippen molar-refractivity contribution in [2.24, 2.45) is 11.8 Å². The predicted molar refractivity (Wildman–Crippen MR) is 102 cm³/mol. The standard InChI is InChI=1S/C21H22F5N3O/c1-12-7-14(28-18(30)8-13-9-20(13,22)23)11-29(10-12)17-5-4-16(21(24,25)26)19-15(17)3-2-6-27-19/h2-6,12-14H,7-11H2,1H3,(H,28,30)/t12-,13?,14+/m0/s1. The number of anilines is 1. The van der Waals surface area contributed by atoms with Crippen LogP contribution in [0, 0.1) is 11.8 Å². The Balaban J connectivity index is 1.55. The van der Waals surface area contributed by atoms with E-state index in [9.17, 15) is 26.7 Å². The fourth-order valence-electron chi connectivity index (χ4n) is 4.32. The Kier molecular flexibility index (Phi) is 5.10. The van der Waals surface area contributed by atoms with Crippen LogP contribution in [0.3, 0.4) is 0 Å². The Morgan fingerprint density at radius 1 is 1.27 bits per heavy atom. The molecule has 162 valence electrons. The molecule has 9 heteroatoms. The highest BCUT2D eigenvalue weighted by Gasteiger charge is 2.57. The molecule has 1 saturated carbocycles. The second-order valence-electron chi connectivity index (χ2n) is 8.41. The smallest absolute Gasteiger partial charge is 0.369 e. The molecule has 0 bridgehead atoms. The minimum atomic E-state index is -4.51. The van der Waals surface area contributed by atoms with Crippen LogP contribution in [0.4, 0.5) is 27.6 Å². The fourth-order valence-corrected chi connectivity index (χ4v) is 4.32. The van der Waals surface area contributed by atoms with Gasteiger partial charge in [0, 0.05) is 55.2 Å². The summed E-state index contributed by atoms with van der Waals surface area (Å²) >= 11 is 0. The lowest BCUT2D eigenvalue weighted by Gasteiger charge is -2.39. The van der Waals surface area contributed by atoms with E-state index in [-0.39, 0.29) is 30.3 Å². The molecule has 1 unspecified atom stereocenters. The number of amides is 1. The van der Waals surface area contributed by atoms with Crippen molar-refractivity contribution in [3.63, 3.8) is 0 Å². The molecule has 1 N–H and O–H groups in total. The molecule has 0 radical (unpaired) electrons. The molecule has 1 aliphatic carbocycles. The van der Waals surface area contributed by atoms with Crippen LogP contribution in [0.15, 0.2) is 30.5 Å². The molecule has 2 heterocycles. The molecule has 1 aromatic carbocycles. The molecular weight excluding hydrogens is 405 g/mol. The lowest BCUT2D eigenvalue weighted by atomic mass is 9.94. The summed E-state index contributed by atoms with van der Waals surface area (Å²) in [5.74, 6) is -3.87. The van der Waals surface area contributed by atoms with Crippen LogP contribution >= 0.6 is 0 Å². The van der Waals surface area contributed by atoms with Crippen molar-refractivity contribution in [2.75, 3.05) is 18.0 Å². The highest BCUT2D eigenvalue weighted by Crippen LogP contribution is 2.50. The number of carbonyl (C=O) groups is 1. The lowest BCUT2D eigenvalue weighted by Crippen LogP contribution is -2.50. The van der Waals surface area contributed by atoms with E-state index in [0.717, 1.165) is 6.07 Å². The normalized spacial score (nSPS) is 25.9. The second-order valence-corrected chi connectivity index (χ2v) is 8.41. The third kappa shape index (κ3) is 4.20. The van der Waals surface area contributed by atoms with Crippen LogP contribution < -0.4 is 10.2 Å². The summed E-state index contributed by atoms with van der Waals surface area (Å²) in [6, 6.07) is 5.41. The second kappa shape index (κ2) is 7.35. The SMILES string of the molecule is C[C@H]1C[C@@H](NC(=O)CC2CC2(F)F)CN(c2ccc(C(F)(F)F)c3ncccc23)C1. The molecule has 2 aliphatic rings. The third-order valence-electron chi connectivity index (χ3n) is 5.81. The minimum absolute atomic E-state index is 0.114. The van der Waals surface area contributed by atoms with E-state index in [1.165, 1.54) is 12.3 Å². The Hall–Kier alpha value is -2.45. The van der Waals surface area contributed by atoms with Gasteiger partial charge >= 0.3 is 6.18 Å². The Bertz CT molecular complexity index is 961. The van der Waals surface area contributed by atoms with Gasteiger partial charge in [-0.1, -0.05) is 6.92 Å². The van der Waals surface area contributed by atoms with Gasteiger partial charge in [-0.3, -0.25) is 9.78 Å². The molecule has 1 amide bonds. The first-order valence-electron chi connectivity index (χ1n) is 9.91. The first kappa shape index (κ1) is 20.8. The molecule has 0 spiro atoms. The number of nitrogens with one attached hydrogen (secondary N) is 1. The quantitative estimate of drug-likeness (QED) is 0.724. The van der Waals surface area contributed by atoms with Crippen LogP contribution in [0.1, 0.15) is 31.7 Å². The third-order valence-corrected chi connectivity index (χ3v) is 5.81. The minimum Gasteiger partial charge on any atom is -0.369 e. The number of hydrogen-bond donors (Lipinski definition) is 1. The van der Waals surface area contributed by atoms with Gasteiger partial charge in [0.05, 0.1) is 11.1 Å². The van der Waals surface area contributed by atoms with Gasteiger partial charge < -0.3 is 10.2 Å². The van der Waals surface area contributed by atoms with E-state index >= 15 is 0 Å². The van der Waals surface area contributed by atoms with Crippen molar-refractivity contribution < 1.29 is 26.7 Å². The fraction of sp³-hybridized carbons (Fsp3) is 0.524. The van der Waals surface area contributed by atoms with Crippen molar-refractivity contribution >= 4 is 22.5 Å². The van der Waals surface area contributed by atoms with E-state index in [2.05, 4.69) is 10.3 Å². The summed E-state index contributed by atoms with van der Waals surface area (Å²) in [5, 5.41) is 3.22. The number of hydrogen-bond acceptors (Lipinski definition) is 3. The summed E-state index contributed by atoms with van der Waals surface area (Å²) in [7, 11) is 0. The largest absolute Gasteiger partial charge is 0.418 e. The number of rotatable bonds is 4. The highest BCUT2D eigenvalue weighted by atomic mass is 19.4. The maximum absolute atomic E-state index is 13.4. The number of pyridine rings is 1. The van der Waals surface area contributed by atoms with Gasteiger partial charge in [0.15, 0.2) is 0 Å². The van der Waals surface area contributed by atoms with Gasteiger partial charge in [0.25, 0.3) is 5.92 Å². The number of aromatic nitrogens is 1. The first-order valence-corrected chi connectivity index (χ1v) is 9.91. The predicted octanol–water partition coefficient (Wildman–Crippen LogP) is 4.63. The summed E-state index contributed by atoms with van der Waals surface area (Å²) < 4.78 is 66.2. The van der Waals surface area contributed by atoms with Crippen molar-refractivity contribution in [3.05, 3.63) is 36.0 Å². The van der Waals surface area contributed by atoms with Gasteiger partial charge in [-0.05, 0) is 36.6 Å².